The van der Waals surface area contributed by atoms with E-state index in [-0.39, 0.29) is 12.5 Å². The Labute approximate surface area is 109 Å². The molecule has 18 heavy (non-hydrogen) atoms. The molecule has 1 amide bonds. The van der Waals surface area contributed by atoms with Crippen molar-refractivity contribution in [1.82, 2.24) is 10.6 Å². The molecule has 4 nitrogen and oxygen atoms in total. The molecule has 1 rings (SSSR count). The van der Waals surface area contributed by atoms with E-state index in [1.54, 1.807) is 0 Å². The second-order valence-corrected chi connectivity index (χ2v) is 4.09. The van der Waals surface area contributed by atoms with Crippen molar-refractivity contribution in [2.24, 2.45) is 0 Å². The minimum atomic E-state index is -0.0781. The maximum atomic E-state index is 11.4. The van der Waals surface area contributed by atoms with Crippen LogP contribution in [-0.4, -0.2) is 32.7 Å². The minimum Gasteiger partial charge on any atom is -0.484 e. The summed E-state index contributed by atoms with van der Waals surface area (Å²) in [6.07, 6.45) is 1.93. The summed E-state index contributed by atoms with van der Waals surface area (Å²) in [5, 5.41) is 5.83. The van der Waals surface area contributed by atoms with Crippen LogP contribution in [0.2, 0.25) is 0 Å². The zero-order valence-electron chi connectivity index (χ0n) is 11.2. The molecule has 0 aliphatic carbocycles. The Bertz CT molecular complexity index is 349. The van der Waals surface area contributed by atoms with Crippen LogP contribution in [0.15, 0.2) is 24.3 Å². The molecule has 1 aromatic rings. The van der Waals surface area contributed by atoms with E-state index in [2.05, 4.69) is 17.6 Å². The van der Waals surface area contributed by atoms with Gasteiger partial charge in [-0.2, -0.15) is 0 Å². The van der Waals surface area contributed by atoms with Crippen molar-refractivity contribution in [1.29, 1.82) is 0 Å². The Morgan fingerprint density at radius 2 is 1.94 bits per heavy atom. The second-order valence-electron chi connectivity index (χ2n) is 4.09. The molecular weight excluding hydrogens is 228 g/mol. The van der Waals surface area contributed by atoms with Crippen LogP contribution in [-0.2, 0) is 11.2 Å². The van der Waals surface area contributed by atoms with E-state index in [4.69, 9.17) is 4.74 Å². The van der Waals surface area contributed by atoms with Gasteiger partial charge in [-0.15, -0.1) is 0 Å². The van der Waals surface area contributed by atoms with Crippen LogP contribution >= 0.6 is 0 Å². The van der Waals surface area contributed by atoms with E-state index in [1.807, 2.05) is 31.3 Å². The largest absolute Gasteiger partial charge is 0.484 e. The zero-order valence-corrected chi connectivity index (χ0v) is 11.2. The summed E-state index contributed by atoms with van der Waals surface area (Å²) in [7, 11) is 1.89. The number of carbonyl (C=O) groups is 1. The number of hydrogen-bond donors (Lipinski definition) is 2. The van der Waals surface area contributed by atoms with E-state index in [1.165, 1.54) is 5.56 Å². The SMILES string of the molecule is CCc1ccc(OCC(=O)NCCCNC)cc1. The topological polar surface area (TPSA) is 50.4 Å². The van der Waals surface area contributed by atoms with Gasteiger partial charge >= 0.3 is 0 Å². The molecule has 100 valence electrons. The standard InChI is InChI=1S/C14H22N2O2/c1-3-12-5-7-13(8-6-12)18-11-14(17)16-10-4-9-15-2/h5-8,15H,3-4,9-11H2,1-2H3,(H,16,17). The maximum Gasteiger partial charge on any atom is 0.257 e. The van der Waals surface area contributed by atoms with E-state index >= 15 is 0 Å². The van der Waals surface area contributed by atoms with Crippen LogP contribution < -0.4 is 15.4 Å². The Morgan fingerprint density at radius 3 is 2.56 bits per heavy atom. The van der Waals surface area contributed by atoms with Crippen molar-refractivity contribution < 1.29 is 9.53 Å². The Hall–Kier alpha value is -1.55. The van der Waals surface area contributed by atoms with Gasteiger partial charge in [0.15, 0.2) is 6.61 Å². The first kappa shape index (κ1) is 14.5. The third kappa shape index (κ3) is 5.68. The van der Waals surface area contributed by atoms with Crippen LogP contribution in [0.1, 0.15) is 18.9 Å². The third-order valence-corrected chi connectivity index (χ3v) is 2.63. The van der Waals surface area contributed by atoms with Crippen LogP contribution in [0, 0.1) is 0 Å². The number of amides is 1. The second kappa shape index (κ2) is 8.53. The average Bonchev–Trinajstić information content (AvgIpc) is 2.42. The number of benzene rings is 1. The highest BCUT2D eigenvalue weighted by Gasteiger charge is 2.01. The molecule has 0 fully saturated rings. The van der Waals surface area contributed by atoms with Crippen LogP contribution in [0.5, 0.6) is 5.75 Å². The normalized spacial score (nSPS) is 10.1. The summed E-state index contributed by atoms with van der Waals surface area (Å²) in [6, 6.07) is 7.82. The zero-order chi connectivity index (χ0) is 13.2. The summed E-state index contributed by atoms with van der Waals surface area (Å²) < 4.78 is 5.40. The predicted octanol–water partition coefficient (Wildman–Crippen LogP) is 1.35. The number of hydrogen-bond acceptors (Lipinski definition) is 3. The molecule has 0 bridgehead atoms. The van der Waals surface area contributed by atoms with E-state index in [0.29, 0.717) is 6.54 Å². The first-order valence-corrected chi connectivity index (χ1v) is 6.39. The van der Waals surface area contributed by atoms with E-state index in [9.17, 15) is 4.79 Å². The van der Waals surface area contributed by atoms with Crippen LogP contribution in [0.4, 0.5) is 0 Å². The fraction of sp³-hybridized carbons (Fsp3) is 0.500. The maximum absolute atomic E-state index is 11.4. The van der Waals surface area contributed by atoms with E-state index in [0.717, 1.165) is 25.1 Å². The van der Waals surface area contributed by atoms with Gasteiger partial charge in [-0.1, -0.05) is 19.1 Å². The van der Waals surface area contributed by atoms with Crippen molar-refractivity contribution in [3.63, 3.8) is 0 Å². The fourth-order valence-corrected chi connectivity index (χ4v) is 1.51. The van der Waals surface area contributed by atoms with Crippen molar-refractivity contribution in [3.05, 3.63) is 29.8 Å². The molecule has 0 aliphatic rings. The van der Waals surface area contributed by atoms with Gasteiger partial charge in [0.2, 0.25) is 0 Å². The molecular formula is C14H22N2O2. The molecule has 0 heterocycles. The smallest absolute Gasteiger partial charge is 0.257 e. The van der Waals surface area contributed by atoms with Gasteiger partial charge in [-0.25, -0.2) is 0 Å². The van der Waals surface area contributed by atoms with Gasteiger partial charge in [0, 0.05) is 6.54 Å². The molecule has 0 unspecified atom stereocenters. The highest BCUT2D eigenvalue weighted by molar-refractivity contribution is 5.77. The minimum absolute atomic E-state index is 0.0744. The lowest BCUT2D eigenvalue weighted by atomic mass is 10.2. The molecule has 0 aromatic heterocycles. The molecule has 0 saturated heterocycles. The molecule has 0 spiro atoms. The molecule has 4 heteroatoms. The number of carbonyl (C=O) groups excluding carboxylic acids is 1. The Kier molecular flexibility index (Phi) is 6.87. The van der Waals surface area contributed by atoms with E-state index < -0.39 is 0 Å². The average molecular weight is 250 g/mol. The van der Waals surface area contributed by atoms with Crippen molar-refractivity contribution in [2.45, 2.75) is 19.8 Å². The lowest BCUT2D eigenvalue weighted by Gasteiger charge is -2.07. The highest BCUT2D eigenvalue weighted by atomic mass is 16.5. The van der Waals surface area contributed by atoms with Gasteiger partial charge in [0.1, 0.15) is 5.75 Å². The molecule has 0 radical (unpaired) electrons. The number of aryl methyl sites for hydroxylation is 1. The summed E-state index contributed by atoms with van der Waals surface area (Å²) >= 11 is 0. The first-order valence-electron chi connectivity index (χ1n) is 6.39. The van der Waals surface area contributed by atoms with Crippen molar-refractivity contribution >= 4 is 5.91 Å². The number of ether oxygens (including phenoxy) is 1. The van der Waals surface area contributed by atoms with Gasteiger partial charge in [-0.05, 0) is 44.1 Å². The van der Waals surface area contributed by atoms with Gasteiger partial charge < -0.3 is 15.4 Å². The molecule has 2 N–H and O–H groups in total. The lowest BCUT2D eigenvalue weighted by molar-refractivity contribution is -0.123. The molecule has 0 atom stereocenters. The quantitative estimate of drug-likeness (QED) is 0.685. The first-order chi connectivity index (χ1) is 8.76. The van der Waals surface area contributed by atoms with Gasteiger partial charge in [0.05, 0.1) is 0 Å². The monoisotopic (exact) mass is 250 g/mol. The highest BCUT2D eigenvalue weighted by Crippen LogP contribution is 2.12. The third-order valence-electron chi connectivity index (χ3n) is 2.63. The molecule has 0 aliphatic heterocycles. The molecule has 0 saturated carbocycles. The van der Waals surface area contributed by atoms with Crippen molar-refractivity contribution in [3.8, 4) is 5.75 Å². The number of nitrogens with one attached hydrogen (secondary N) is 2. The fourth-order valence-electron chi connectivity index (χ4n) is 1.51. The predicted molar refractivity (Wildman–Crippen MR) is 72.9 cm³/mol. The summed E-state index contributed by atoms with van der Waals surface area (Å²) in [4.78, 5) is 11.4. The summed E-state index contributed by atoms with van der Waals surface area (Å²) in [6.45, 7) is 3.76. The van der Waals surface area contributed by atoms with Gasteiger partial charge in [-0.3, -0.25) is 4.79 Å². The molecule has 1 aromatic carbocycles. The van der Waals surface area contributed by atoms with Crippen LogP contribution in [0.25, 0.3) is 0 Å². The van der Waals surface area contributed by atoms with Crippen molar-refractivity contribution in [2.75, 3.05) is 26.7 Å². The lowest BCUT2D eigenvalue weighted by Crippen LogP contribution is -2.30. The number of rotatable bonds is 8. The van der Waals surface area contributed by atoms with Crippen LogP contribution in [0.3, 0.4) is 0 Å². The Balaban J connectivity index is 2.20. The summed E-state index contributed by atoms with van der Waals surface area (Å²) in [5.74, 6) is 0.656. The summed E-state index contributed by atoms with van der Waals surface area (Å²) in [5.41, 5.74) is 1.26. The van der Waals surface area contributed by atoms with Gasteiger partial charge in [0.25, 0.3) is 5.91 Å². The Morgan fingerprint density at radius 1 is 1.22 bits per heavy atom.